The molecule has 6 heteroatoms. The zero-order valence-electron chi connectivity index (χ0n) is 11.0. The third-order valence-electron chi connectivity index (χ3n) is 2.78. The van der Waals surface area contributed by atoms with Crippen LogP contribution in [0.3, 0.4) is 0 Å². The van der Waals surface area contributed by atoms with E-state index in [1.54, 1.807) is 19.4 Å². The molecule has 2 aromatic heterocycles. The van der Waals surface area contributed by atoms with E-state index in [2.05, 4.69) is 25.8 Å². The molecule has 100 valence electrons. The maximum atomic E-state index is 11.6. The molecular formula is C13H17N5O. The summed E-state index contributed by atoms with van der Waals surface area (Å²) in [6.45, 7) is 2.30. The lowest BCUT2D eigenvalue weighted by Crippen LogP contribution is -2.25. The smallest absolute Gasteiger partial charge is 0.239 e. The molecule has 0 aliphatic heterocycles. The van der Waals surface area contributed by atoms with Crippen LogP contribution in [0.1, 0.15) is 12.5 Å². The van der Waals surface area contributed by atoms with Crippen LogP contribution in [0.5, 0.6) is 0 Å². The number of rotatable bonds is 5. The van der Waals surface area contributed by atoms with E-state index in [0.717, 1.165) is 23.2 Å². The van der Waals surface area contributed by atoms with Gasteiger partial charge < -0.3 is 10.6 Å². The molecule has 0 atom stereocenters. The van der Waals surface area contributed by atoms with Crippen molar-refractivity contribution in [1.29, 1.82) is 0 Å². The molecule has 2 aromatic rings. The topological polar surface area (TPSA) is 82.7 Å². The van der Waals surface area contributed by atoms with Gasteiger partial charge in [-0.3, -0.25) is 14.9 Å². The highest BCUT2D eigenvalue weighted by molar-refractivity contribution is 5.92. The molecule has 0 radical (unpaired) electrons. The van der Waals surface area contributed by atoms with Crippen molar-refractivity contribution in [2.24, 2.45) is 0 Å². The molecule has 6 nitrogen and oxygen atoms in total. The van der Waals surface area contributed by atoms with Crippen LogP contribution in [-0.2, 0) is 11.2 Å². The number of aromatic nitrogens is 3. The number of nitrogens with one attached hydrogen (secondary N) is 3. The molecule has 0 unspecified atom stereocenters. The normalized spacial score (nSPS) is 10.4. The lowest BCUT2D eigenvalue weighted by Gasteiger charge is -2.05. The van der Waals surface area contributed by atoms with Crippen molar-refractivity contribution in [2.75, 3.05) is 18.9 Å². The first-order chi connectivity index (χ1) is 9.26. The van der Waals surface area contributed by atoms with E-state index in [4.69, 9.17) is 0 Å². The number of anilines is 1. The van der Waals surface area contributed by atoms with Gasteiger partial charge in [-0.25, -0.2) is 0 Å². The van der Waals surface area contributed by atoms with Gasteiger partial charge >= 0.3 is 0 Å². The Kier molecular flexibility index (Phi) is 4.25. The number of carbonyl (C=O) groups excluding carboxylic acids is 1. The minimum Gasteiger partial charge on any atom is -0.311 e. The standard InChI is InChI=1S/C13H17N5O/c1-3-10-12(9-4-6-15-7-5-9)17-18-13(10)16-11(19)8-14-2/h4-7,14H,3,8H2,1-2H3,(H2,16,17,18,19). The summed E-state index contributed by atoms with van der Waals surface area (Å²) in [6, 6.07) is 3.82. The first-order valence-electron chi connectivity index (χ1n) is 6.18. The first-order valence-corrected chi connectivity index (χ1v) is 6.18. The molecule has 0 saturated heterocycles. The highest BCUT2D eigenvalue weighted by Gasteiger charge is 2.14. The van der Waals surface area contributed by atoms with Gasteiger partial charge in [0.15, 0.2) is 5.82 Å². The van der Waals surface area contributed by atoms with E-state index >= 15 is 0 Å². The Morgan fingerprint density at radius 3 is 2.74 bits per heavy atom. The third-order valence-corrected chi connectivity index (χ3v) is 2.78. The fourth-order valence-corrected chi connectivity index (χ4v) is 1.91. The van der Waals surface area contributed by atoms with Crippen LogP contribution in [0.25, 0.3) is 11.3 Å². The second-order valence-electron chi connectivity index (χ2n) is 4.09. The molecule has 2 rings (SSSR count). The summed E-state index contributed by atoms with van der Waals surface area (Å²) in [6.07, 6.45) is 4.24. The van der Waals surface area contributed by atoms with E-state index in [-0.39, 0.29) is 12.5 Å². The Bertz CT molecular complexity index is 549. The molecule has 1 amide bonds. The van der Waals surface area contributed by atoms with Gasteiger partial charge in [-0.1, -0.05) is 6.92 Å². The Morgan fingerprint density at radius 1 is 1.37 bits per heavy atom. The highest BCUT2D eigenvalue weighted by atomic mass is 16.2. The zero-order chi connectivity index (χ0) is 13.7. The number of H-pyrrole nitrogens is 1. The lowest BCUT2D eigenvalue weighted by molar-refractivity contribution is -0.115. The van der Waals surface area contributed by atoms with Gasteiger partial charge in [0.2, 0.25) is 5.91 Å². The van der Waals surface area contributed by atoms with E-state index in [0.29, 0.717) is 5.82 Å². The van der Waals surface area contributed by atoms with Gasteiger partial charge in [-0.15, -0.1) is 0 Å². The molecule has 19 heavy (non-hydrogen) atoms. The summed E-state index contributed by atoms with van der Waals surface area (Å²) in [4.78, 5) is 15.6. The van der Waals surface area contributed by atoms with Crippen molar-refractivity contribution < 1.29 is 4.79 Å². The number of likely N-dealkylation sites (N-methyl/N-ethyl adjacent to an activating group) is 1. The van der Waals surface area contributed by atoms with Crippen LogP contribution >= 0.6 is 0 Å². The zero-order valence-corrected chi connectivity index (χ0v) is 11.0. The monoisotopic (exact) mass is 259 g/mol. The summed E-state index contributed by atoms with van der Waals surface area (Å²) in [5, 5.41) is 12.8. The Labute approximate surface area is 111 Å². The number of hydrogen-bond acceptors (Lipinski definition) is 4. The maximum Gasteiger partial charge on any atom is 0.239 e. The first kappa shape index (κ1) is 13.2. The largest absolute Gasteiger partial charge is 0.311 e. The van der Waals surface area contributed by atoms with Crippen LogP contribution in [0.15, 0.2) is 24.5 Å². The molecule has 0 fully saturated rings. The number of hydrogen-bond donors (Lipinski definition) is 3. The number of carbonyl (C=O) groups is 1. The average molecular weight is 259 g/mol. The Morgan fingerprint density at radius 2 is 2.11 bits per heavy atom. The highest BCUT2D eigenvalue weighted by Crippen LogP contribution is 2.26. The molecule has 0 bridgehead atoms. The minimum absolute atomic E-state index is 0.107. The van der Waals surface area contributed by atoms with Crippen molar-refractivity contribution in [3.8, 4) is 11.3 Å². The quantitative estimate of drug-likeness (QED) is 0.753. The SMILES string of the molecule is CCc1c(NC(=O)CNC)n[nH]c1-c1ccncc1. The second-order valence-corrected chi connectivity index (χ2v) is 4.09. The molecule has 0 spiro atoms. The molecule has 0 aromatic carbocycles. The number of aromatic amines is 1. The number of nitrogens with zero attached hydrogens (tertiary/aromatic N) is 2. The van der Waals surface area contributed by atoms with Crippen molar-refractivity contribution in [3.63, 3.8) is 0 Å². The Hall–Kier alpha value is -2.21. The van der Waals surface area contributed by atoms with Gasteiger partial charge in [-0.05, 0) is 25.6 Å². The van der Waals surface area contributed by atoms with Crippen molar-refractivity contribution in [3.05, 3.63) is 30.1 Å². The fourth-order valence-electron chi connectivity index (χ4n) is 1.91. The molecular weight excluding hydrogens is 242 g/mol. The fraction of sp³-hybridized carbons (Fsp3) is 0.308. The third kappa shape index (κ3) is 2.97. The predicted octanol–water partition coefficient (Wildman–Crippen LogP) is 1.19. The van der Waals surface area contributed by atoms with Gasteiger partial charge in [-0.2, -0.15) is 5.10 Å². The second kappa shape index (κ2) is 6.10. The summed E-state index contributed by atoms with van der Waals surface area (Å²) in [7, 11) is 1.73. The predicted molar refractivity (Wildman–Crippen MR) is 73.8 cm³/mol. The van der Waals surface area contributed by atoms with E-state index in [1.807, 2.05) is 19.1 Å². The van der Waals surface area contributed by atoms with Crippen molar-refractivity contribution in [1.82, 2.24) is 20.5 Å². The average Bonchev–Trinajstić information content (AvgIpc) is 2.82. The van der Waals surface area contributed by atoms with E-state index in [9.17, 15) is 4.79 Å². The molecule has 0 aliphatic carbocycles. The van der Waals surface area contributed by atoms with Gasteiger partial charge in [0, 0.05) is 23.5 Å². The van der Waals surface area contributed by atoms with Gasteiger partial charge in [0.25, 0.3) is 0 Å². The Balaban J connectivity index is 2.28. The summed E-state index contributed by atoms with van der Waals surface area (Å²) < 4.78 is 0. The van der Waals surface area contributed by atoms with Gasteiger partial charge in [0.05, 0.1) is 12.2 Å². The van der Waals surface area contributed by atoms with Crippen LogP contribution < -0.4 is 10.6 Å². The maximum absolute atomic E-state index is 11.6. The van der Waals surface area contributed by atoms with Crippen molar-refractivity contribution in [2.45, 2.75) is 13.3 Å². The lowest BCUT2D eigenvalue weighted by atomic mass is 10.1. The molecule has 3 N–H and O–H groups in total. The van der Waals surface area contributed by atoms with Gasteiger partial charge in [0.1, 0.15) is 0 Å². The summed E-state index contributed by atoms with van der Waals surface area (Å²) >= 11 is 0. The molecule has 0 saturated carbocycles. The van der Waals surface area contributed by atoms with Crippen LogP contribution in [0.4, 0.5) is 5.82 Å². The van der Waals surface area contributed by atoms with Crippen LogP contribution in [-0.4, -0.2) is 34.7 Å². The van der Waals surface area contributed by atoms with Crippen LogP contribution in [0, 0.1) is 0 Å². The minimum atomic E-state index is -0.107. The number of amides is 1. The van der Waals surface area contributed by atoms with Crippen LogP contribution in [0.2, 0.25) is 0 Å². The van der Waals surface area contributed by atoms with E-state index in [1.165, 1.54) is 0 Å². The molecule has 2 heterocycles. The number of pyridine rings is 1. The molecule has 0 aliphatic rings. The summed E-state index contributed by atoms with van der Waals surface area (Å²) in [5.41, 5.74) is 2.92. The van der Waals surface area contributed by atoms with Crippen molar-refractivity contribution >= 4 is 11.7 Å². The summed E-state index contributed by atoms with van der Waals surface area (Å²) in [5.74, 6) is 0.486. The van der Waals surface area contributed by atoms with E-state index < -0.39 is 0 Å².